The Balaban J connectivity index is 2.72. The lowest BCUT2D eigenvalue weighted by Gasteiger charge is -2.36. The summed E-state index contributed by atoms with van der Waals surface area (Å²) in [6.07, 6.45) is 1.56. The molecule has 1 unspecified atom stereocenters. The van der Waals surface area contributed by atoms with Gasteiger partial charge in [-0.1, -0.05) is 19.0 Å². The highest BCUT2D eigenvalue weighted by atomic mass is 16.5. The van der Waals surface area contributed by atoms with Gasteiger partial charge in [0.05, 0.1) is 0 Å². The zero-order valence-corrected chi connectivity index (χ0v) is 11.3. The molecule has 1 rings (SSSR count). The van der Waals surface area contributed by atoms with Crippen LogP contribution in [0.1, 0.15) is 33.6 Å². The topological polar surface area (TPSA) is 96.9 Å². The fourth-order valence-electron chi connectivity index (χ4n) is 2.16. The first kappa shape index (κ1) is 14.8. The van der Waals surface area contributed by atoms with E-state index in [4.69, 9.17) is 15.7 Å². The van der Waals surface area contributed by atoms with Gasteiger partial charge in [-0.3, -0.25) is 4.79 Å². The Morgan fingerprint density at radius 1 is 1.44 bits per heavy atom. The Bertz CT molecular complexity index is 323. The number of hydrogen-bond acceptors (Lipinski definition) is 4. The molecule has 0 spiro atoms. The first-order chi connectivity index (χ1) is 8.39. The average molecular weight is 257 g/mol. The minimum Gasteiger partial charge on any atom is -0.409 e. The van der Waals surface area contributed by atoms with Gasteiger partial charge in [0.1, 0.15) is 5.92 Å². The minimum atomic E-state index is -0.602. The van der Waals surface area contributed by atoms with E-state index in [0.29, 0.717) is 13.2 Å². The van der Waals surface area contributed by atoms with E-state index in [1.165, 1.54) is 0 Å². The van der Waals surface area contributed by atoms with Crippen LogP contribution in [0.3, 0.4) is 0 Å². The summed E-state index contributed by atoms with van der Waals surface area (Å²) < 4.78 is 5.28. The van der Waals surface area contributed by atoms with Crippen molar-refractivity contribution >= 4 is 11.7 Å². The molecule has 1 atom stereocenters. The summed E-state index contributed by atoms with van der Waals surface area (Å²) in [5.41, 5.74) is 5.32. The molecule has 0 aromatic heterocycles. The Morgan fingerprint density at radius 3 is 2.44 bits per heavy atom. The Morgan fingerprint density at radius 2 is 2.00 bits per heavy atom. The van der Waals surface area contributed by atoms with Crippen LogP contribution >= 0.6 is 0 Å². The molecular formula is C12H23N3O3. The molecule has 0 saturated carbocycles. The summed E-state index contributed by atoms with van der Waals surface area (Å²) >= 11 is 0. The zero-order chi connectivity index (χ0) is 13.8. The van der Waals surface area contributed by atoms with Crippen molar-refractivity contribution in [1.29, 1.82) is 0 Å². The Labute approximate surface area is 108 Å². The van der Waals surface area contributed by atoms with Crippen LogP contribution in [0.25, 0.3) is 0 Å². The third-order valence-electron chi connectivity index (χ3n) is 3.40. The molecule has 6 nitrogen and oxygen atoms in total. The summed E-state index contributed by atoms with van der Waals surface area (Å²) in [5, 5.41) is 14.7. The van der Waals surface area contributed by atoms with E-state index in [1.807, 2.05) is 20.8 Å². The van der Waals surface area contributed by atoms with Crippen molar-refractivity contribution in [3.63, 3.8) is 0 Å². The maximum Gasteiger partial charge on any atom is 0.231 e. The highest BCUT2D eigenvalue weighted by molar-refractivity contribution is 6.02. The number of amidine groups is 1. The molecule has 0 aromatic carbocycles. The number of carbonyl (C=O) groups is 1. The van der Waals surface area contributed by atoms with Crippen LogP contribution in [0.2, 0.25) is 0 Å². The Kier molecular flexibility index (Phi) is 4.95. The number of ether oxygens (including phenoxy) is 1. The predicted molar refractivity (Wildman–Crippen MR) is 68.3 cm³/mol. The first-order valence-electron chi connectivity index (χ1n) is 6.27. The van der Waals surface area contributed by atoms with Gasteiger partial charge < -0.3 is 21.0 Å². The van der Waals surface area contributed by atoms with Crippen LogP contribution < -0.4 is 11.1 Å². The third-order valence-corrected chi connectivity index (χ3v) is 3.40. The highest BCUT2D eigenvalue weighted by Crippen LogP contribution is 2.21. The van der Waals surface area contributed by atoms with Crippen molar-refractivity contribution in [1.82, 2.24) is 5.32 Å². The Hall–Kier alpha value is -1.30. The second-order valence-corrected chi connectivity index (χ2v) is 5.41. The summed E-state index contributed by atoms with van der Waals surface area (Å²) in [5.74, 6) is -0.859. The van der Waals surface area contributed by atoms with Crippen LogP contribution in [0, 0.1) is 11.8 Å². The number of nitrogens with one attached hydrogen (secondary N) is 1. The van der Waals surface area contributed by atoms with E-state index >= 15 is 0 Å². The number of amides is 1. The number of rotatable bonds is 4. The average Bonchev–Trinajstić information content (AvgIpc) is 2.28. The fourth-order valence-corrected chi connectivity index (χ4v) is 2.16. The molecule has 6 heteroatoms. The van der Waals surface area contributed by atoms with E-state index in [2.05, 4.69) is 10.5 Å². The smallest absolute Gasteiger partial charge is 0.231 e. The monoisotopic (exact) mass is 257 g/mol. The van der Waals surface area contributed by atoms with Crippen molar-refractivity contribution in [3.8, 4) is 0 Å². The van der Waals surface area contributed by atoms with E-state index in [9.17, 15) is 4.79 Å². The van der Waals surface area contributed by atoms with Crippen molar-refractivity contribution in [2.75, 3.05) is 13.2 Å². The normalized spacial score (nSPS) is 21.7. The van der Waals surface area contributed by atoms with E-state index in [-0.39, 0.29) is 23.2 Å². The highest BCUT2D eigenvalue weighted by Gasteiger charge is 2.34. The number of nitrogens with two attached hydrogens (primary N) is 1. The van der Waals surface area contributed by atoms with Gasteiger partial charge in [-0.05, 0) is 25.7 Å². The van der Waals surface area contributed by atoms with Crippen LogP contribution in [-0.4, -0.2) is 35.7 Å². The maximum absolute atomic E-state index is 12.2. The minimum absolute atomic E-state index is 0.0238. The van der Waals surface area contributed by atoms with Gasteiger partial charge in [0.2, 0.25) is 5.91 Å². The van der Waals surface area contributed by atoms with Crippen LogP contribution in [0.15, 0.2) is 5.16 Å². The molecular weight excluding hydrogens is 234 g/mol. The molecule has 0 radical (unpaired) electrons. The van der Waals surface area contributed by atoms with Gasteiger partial charge in [-0.15, -0.1) is 0 Å². The quantitative estimate of drug-likeness (QED) is 0.299. The van der Waals surface area contributed by atoms with Crippen molar-refractivity contribution < 1.29 is 14.7 Å². The molecule has 18 heavy (non-hydrogen) atoms. The molecule has 1 amide bonds. The summed E-state index contributed by atoms with van der Waals surface area (Å²) in [6, 6.07) is 0. The first-order valence-corrected chi connectivity index (χ1v) is 6.27. The standard InChI is InChI=1S/C12H23N3O3/c1-8(2)9(10(13)15-17)11(16)14-12(3)4-6-18-7-5-12/h8-9,17H,4-7H2,1-3H3,(H2,13,15)(H,14,16). The largest absolute Gasteiger partial charge is 0.409 e. The molecule has 1 saturated heterocycles. The van der Waals surface area contributed by atoms with Gasteiger partial charge in [0.15, 0.2) is 5.84 Å². The van der Waals surface area contributed by atoms with Crippen LogP contribution in [0.5, 0.6) is 0 Å². The molecule has 1 heterocycles. The second-order valence-electron chi connectivity index (χ2n) is 5.41. The second kappa shape index (κ2) is 6.04. The lowest BCUT2D eigenvalue weighted by atomic mass is 9.88. The lowest BCUT2D eigenvalue weighted by Crippen LogP contribution is -2.54. The van der Waals surface area contributed by atoms with Gasteiger partial charge >= 0.3 is 0 Å². The lowest BCUT2D eigenvalue weighted by molar-refractivity contribution is -0.127. The van der Waals surface area contributed by atoms with Crippen molar-refractivity contribution in [2.45, 2.75) is 39.2 Å². The van der Waals surface area contributed by atoms with E-state index in [1.54, 1.807) is 0 Å². The summed E-state index contributed by atoms with van der Waals surface area (Å²) in [7, 11) is 0. The predicted octanol–water partition coefficient (Wildman–Crippen LogP) is 0.690. The third kappa shape index (κ3) is 3.60. The molecule has 1 fully saturated rings. The van der Waals surface area contributed by atoms with Gasteiger partial charge in [0.25, 0.3) is 0 Å². The van der Waals surface area contributed by atoms with E-state index < -0.39 is 5.92 Å². The molecule has 0 aromatic rings. The molecule has 1 aliphatic heterocycles. The SMILES string of the molecule is CC(C)C(C(=O)NC1(C)CCOCC1)C(N)=NO. The van der Waals surface area contributed by atoms with E-state index in [0.717, 1.165) is 12.8 Å². The maximum atomic E-state index is 12.2. The number of carbonyl (C=O) groups excluding carboxylic acids is 1. The molecule has 0 aliphatic carbocycles. The van der Waals surface area contributed by atoms with Gasteiger partial charge in [-0.2, -0.15) is 0 Å². The van der Waals surface area contributed by atoms with Gasteiger partial charge in [-0.25, -0.2) is 0 Å². The molecule has 104 valence electrons. The number of hydrogen-bond donors (Lipinski definition) is 3. The van der Waals surface area contributed by atoms with Gasteiger partial charge in [0, 0.05) is 18.8 Å². The molecule has 1 aliphatic rings. The summed E-state index contributed by atoms with van der Waals surface area (Å²) in [6.45, 7) is 7.03. The number of nitrogens with zero attached hydrogens (tertiary/aromatic N) is 1. The molecule has 0 bridgehead atoms. The summed E-state index contributed by atoms with van der Waals surface area (Å²) in [4.78, 5) is 12.2. The molecule has 4 N–H and O–H groups in total. The van der Waals surface area contributed by atoms with Crippen LogP contribution in [0.4, 0.5) is 0 Å². The van der Waals surface area contributed by atoms with Crippen molar-refractivity contribution in [2.24, 2.45) is 22.7 Å². The van der Waals surface area contributed by atoms with Crippen molar-refractivity contribution in [3.05, 3.63) is 0 Å². The van der Waals surface area contributed by atoms with Crippen LogP contribution in [-0.2, 0) is 9.53 Å². The fraction of sp³-hybridized carbons (Fsp3) is 0.833. The number of oxime groups is 1. The zero-order valence-electron chi connectivity index (χ0n) is 11.3.